The number of nitrogens with one attached hydrogen (secondary N) is 1. The monoisotopic (exact) mass is 340 g/mol. The third-order valence-electron chi connectivity index (χ3n) is 2.74. The Morgan fingerprint density at radius 3 is 2.70 bits per heavy atom. The van der Waals surface area contributed by atoms with Gasteiger partial charge in [-0.05, 0) is 30.3 Å². The molecule has 0 fully saturated rings. The number of hydrogen-bond acceptors (Lipinski definition) is 2. The fourth-order valence-corrected chi connectivity index (χ4v) is 2.09. The van der Waals surface area contributed by atoms with Gasteiger partial charge in [-0.1, -0.05) is 22.0 Å². The quantitative estimate of drug-likeness (QED) is 0.842. The molecule has 3 N–H and O–H groups in total. The Hall–Kier alpha value is -1.95. The van der Waals surface area contributed by atoms with E-state index < -0.39 is 17.5 Å². The second-order valence-corrected chi connectivity index (χ2v) is 5.04. The SMILES string of the molecule is Nc1c(F)cccc1C(=O)NCc1cc(Br)ccc1F. The van der Waals surface area contributed by atoms with Crippen LogP contribution in [-0.2, 0) is 6.54 Å². The highest BCUT2D eigenvalue weighted by molar-refractivity contribution is 9.10. The lowest BCUT2D eigenvalue weighted by molar-refractivity contribution is 0.0951. The molecule has 0 unspecified atom stereocenters. The van der Waals surface area contributed by atoms with Crippen molar-refractivity contribution in [1.82, 2.24) is 5.32 Å². The molecule has 0 saturated carbocycles. The first-order valence-electron chi connectivity index (χ1n) is 5.75. The van der Waals surface area contributed by atoms with Crippen LogP contribution in [0, 0.1) is 11.6 Å². The van der Waals surface area contributed by atoms with Crippen molar-refractivity contribution in [2.24, 2.45) is 0 Å². The molecule has 2 aromatic carbocycles. The van der Waals surface area contributed by atoms with E-state index in [-0.39, 0.29) is 17.8 Å². The Morgan fingerprint density at radius 1 is 1.20 bits per heavy atom. The van der Waals surface area contributed by atoms with E-state index in [0.717, 1.165) is 0 Å². The van der Waals surface area contributed by atoms with Crippen LogP contribution in [-0.4, -0.2) is 5.91 Å². The van der Waals surface area contributed by atoms with Crippen molar-refractivity contribution in [2.45, 2.75) is 6.54 Å². The maximum atomic E-state index is 13.5. The van der Waals surface area contributed by atoms with Gasteiger partial charge in [0.2, 0.25) is 0 Å². The molecule has 0 heterocycles. The molecular formula is C14H11BrF2N2O. The molecule has 0 radical (unpaired) electrons. The molecule has 20 heavy (non-hydrogen) atoms. The molecule has 0 aliphatic heterocycles. The Morgan fingerprint density at radius 2 is 1.95 bits per heavy atom. The maximum Gasteiger partial charge on any atom is 0.253 e. The van der Waals surface area contributed by atoms with Crippen LogP contribution in [0.3, 0.4) is 0 Å². The number of nitrogens with two attached hydrogens (primary N) is 1. The minimum Gasteiger partial charge on any atom is -0.396 e. The number of rotatable bonds is 3. The Kier molecular flexibility index (Phi) is 4.34. The molecule has 6 heteroatoms. The highest BCUT2D eigenvalue weighted by atomic mass is 79.9. The average Bonchev–Trinajstić information content (AvgIpc) is 2.42. The fourth-order valence-electron chi connectivity index (χ4n) is 1.68. The van der Waals surface area contributed by atoms with Crippen LogP contribution >= 0.6 is 15.9 Å². The number of nitrogen functional groups attached to an aromatic ring is 1. The van der Waals surface area contributed by atoms with E-state index in [2.05, 4.69) is 21.2 Å². The van der Waals surface area contributed by atoms with Crippen molar-refractivity contribution in [3.63, 3.8) is 0 Å². The molecule has 0 aromatic heterocycles. The molecule has 2 aromatic rings. The summed E-state index contributed by atoms with van der Waals surface area (Å²) in [5, 5.41) is 2.50. The lowest BCUT2D eigenvalue weighted by atomic mass is 10.1. The van der Waals surface area contributed by atoms with Gasteiger partial charge in [-0.15, -0.1) is 0 Å². The van der Waals surface area contributed by atoms with Crippen LogP contribution < -0.4 is 11.1 Å². The van der Waals surface area contributed by atoms with Crippen LogP contribution in [0.15, 0.2) is 40.9 Å². The van der Waals surface area contributed by atoms with Crippen LogP contribution in [0.2, 0.25) is 0 Å². The molecule has 0 aliphatic rings. The summed E-state index contributed by atoms with van der Waals surface area (Å²) in [5.74, 6) is -1.65. The minimum absolute atomic E-state index is 0.0138. The van der Waals surface area contributed by atoms with Crippen molar-refractivity contribution in [3.8, 4) is 0 Å². The Balaban J connectivity index is 2.13. The van der Waals surface area contributed by atoms with Crippen molar-refractivity contribution in [2.75, 3.05) is 5.73 Å². The smallest absolute Gasteiger partial charge is 0.253 e. The highest BCUT2D eigenvalue weighted by Crippen LogP contribution is 2.17. The Labute approximate surface area is 122 Å². The van der Waals surface area contributed by atoms with Gasteiger partial charge < -0.3 is 11.1 Å². The first kappa shape index (κ1) is 14.5. The van der Waals surface area contributed by atoms with Gasteiger partial charge in [0.25, 0.3) is 5.91 Å². The predicted molar refractivity (Wildman–Crippen MR) is 76.1 cm³/mol. The fraction of sp³-hybridized carbons (Fsp3) is 0.0714. The second kappa shape index (κ2) is 6.00. The van der Waals surface area contributed by atoms with Crippen LogP contribution in [0.5, 0.6) is 0 Å². The van der Waals surface area contributed by atoms with Gasteiger partial charge in [0.15, 0.2) is 0 Å². The first-order chi connectivity index (χ1) is 9.49. The number of benzene rings is 2. The van der Waals surface area contributed by atoms with Gasteiger partial charge in [-0.3, -0.25) is 4.79 Å². The summed E-state index contributed by atoms with van der Waals surface area (Å²) in [6.07, 6.45) is 0. The Bertz CT molecular complexity index is 662. The van der Waals surface area contributed by atoms with E-state index in [1.165, 1.54) is 24.3 Å². The number of carbonyl (C=O) groups is 1. The zero-order valence-corrected chi connectivity index (χ0v) is 11.9. The van der Waals surface area contributed by atoms with Gasteiger partial charge in [0, 0.05) is 16.6 Å². The second-order valence-electron chi connectivity index (χ2n) is 4.12. The zero-order valence-electron chi connectivity index (χ0n) is 10.3. The van der Waals surface area contributed by atoms with E-state index in [1.807, 2.05) is 0 Å². The molecule has 0 saturated heterocycles. The number of para-hydroxylation sites is 1. The first-order valence-corrected chi connectivity index (χ1v) is 6.54. The third-order valence-corrected chi connectivity index (χ3v) is 3.24. The summed E-state index contributed by atoms with van der Waals surface area (Å²) < 4.78 is 27.5. The standard InChI is InChI=1S/C14H11BrF2N2O/c15-9-4-5-11(16)8(6-9)7-19-14(20)10-2-1-3-12(17)13(10)18/h1-6H,7,18H2,(H,19,20). The number of carbonyl (C=O) groups excluding carboxylic acids is 1. The van der Waals surface area contributed by atoms with Crippen molar-refractivity contribution >= 4 is 27.5 Å². The van der Waals surface area contributed by atoms with E-state index in [1.54, 1.807) is 12.1 Å². The number of hydrogen-bond donors (Lipinski definition) is 2. The van der Waals surface area contributed by atoms with Crippen molar-refractivity contribution in [1.29, 1.82) is 0 Å². The molecule has 104 valence electrons. The van der Waals surface area contributed by atoms with Gasteiger partial charge in [-0.25, -0.2) is 8.78 Å². The number of halogens is 3. The molecule has 2 rings (SSSR count). The largest absolute Gasteiger partial charge is 0.396 e. The van der Waals surface area contributed by atoms with Crippen molar-refractivity contribution < 1.29 is 13.6 Å². The molecule has 0 aliphatic carbocycles. The maximum absolute atomic E-state index is 13.5. The average molecular weight is 341 g/mol. The molecule has 0 bridgehead atoms. The summed E-state index contributed by atoms with van der Waals surface area (Å²) in [5.41, 5.74) is 5.62. The highest BCUT2D eigenvalue weighted by Gasteiger charge is 2.13. The topological polar surface area (TPSA) is 55.1 Å². The molecule has 0 atom stereocenters. The lowest BCUT2D eigenvalue weighted by Gasteiger charge is -2.09. The third kappa shape index (κ3) is 3.14. The summed E-state index contributed by atoms with van der Waals surface area (Å²) in [4.78, 5) is 11.9. The van der Waals surface area contributed by atoms with E-state index in [9.17, 15) is 13.6 Å². The van der Waals surface area contributed by atoms with E-state index in [0.29, 0.717) is 10.0 Å². The molecule has 1 amide bonds. The lowest BCUT2D eigenvalue weighted by Crippen LogP contribution is -2.24. The molecular weight excluding hydrogens is 330 g/mol. The minimum atomic E-state index is -0.661. The van der Waals surface area contributed by atoms with Crippen molar-refractivity contribution in [3.05, 3.63) is 63.6 Å². The van der Waals surface area contributed by atoms with Gasteiger partial charge >= 0.3 is 0 Å². The van der Waals surface area contributed by atoms with Crippen LogP contribution in [0.4, 0.5) is 14.5 Å². The zero-order chi connectivity index (χ0) is 14.7. The number of amides is 1. The molecule has 0 spiro atoms. The summed E-state index contributed by atoms with van der Waals surface area (Å²) in [6.45, 7) is -0.0138. The van der Waals surface area contributed by atoms with Crippen LogP contribution in [0.25, 0.3) is 0 Å². The van der Waals surface area contributed by atoms with E-state index in [4.69, 9.17) is 5.73 Å². The summed E-state index contributed by atoms with van der Waals surface area (Å²) in [7, 11) is 0. The van der Waals surface area contributed by atoms with E-state index >= 15 is 0 Å². The normalized spacial score (nSPS) is 10.3. The van der Waals surface area contributed by atoms with Gasteiger partial charge in [-0.2, -0.15) is 0 Å². The number of anilines is 1. The van der Waals surface area contributed by atoms with Gasteiger partial charge in [0.1, 0.15) is 11.6 Å². The molecule has 3 nitrogen and oxygen atoms in total. The van der Waals surface area contributed by atoms with Gasteiger partial charge in [0.05, 0.1) is 11.3 Å². The summed E-state index contributed by atoms with van der Waals surface area (Å²) in [6, 6.07) is 8.38. The predicted octanol–water partition coefficient (Wildman–Crippen LogP) is 3.24. The summed E-state index contributed by atoms with van der Waals surface area (Å²) >= 11 is 3.22. The van der Waals surface area contributed by atoms with Crippen LogP contribution in [0.1, 0.15) is 15.9 Å².